The van der Waals surface area contributed by atoms with E-state index >= 15 is 0 Å². The number of ether oxygens (including phenoxy) is 2. The first kappa shape index (κ1) is 35.0. The number of fused-ring (bicyclic) bond motifs is 1. The molecule has 5 N–H and O–H groups in total. The average Bonchev–Trinajstić information content (AvgIpc) is 3.25. The van der Waals surface area contributed by atoms with Gasteiger partial charge in [0.1, 0.15) is 35.9 Å². The third-order valence-electron chi connectivity index (χ3n) is 9.05. The molecule has 1 aromatic rings. The van der Waals surface area contributed by atoms with Crippen LogP contribution in [0.5, 0.6) is 0 Å². The topological polar surface area (TPSA) is 124 Å². The normalized spacial score (nSPS) is 34.5. The zero-order chi connectivity index (χ0) is 31.3. The highest BCUT2D eigenvalue weighted by molar-refractivity contribution is 8.00. The molecule has 0 saturated carbocycles. The molecular formula is C32H53N3O6S2. The van der Waals surface area contributed by atoms with Crippen molar-refractivity contribution < 1.29 is 29.6 Å². The minimum Gasteiger partial charge on any atom is -0.388 e. The fourth-order valence-corrected chi connectivity index (χ4v) is 8.50. The van der Waals surface area contributed by atoms with Crippen molar-refractivity contribution in [3.8, 4) is 0 Å². The molecular weight excluding hydrogens is 587 g/mol. The largest absolute Gasteiger partial charge is 0.388 e. The molecule has 3 saturated heterocycles. The van der Waals surface area contributed by atoms with Gasteiger partial charge < -0.3 is 40.3 Å². The Labute approximate surface area is 266 Å². The summed E-state index contributed by atoms with van der Waals surface area (Å²) in [7, 11) is 4.12. The van der Waals surface area contributed by atoms with Crippen LogP contribution < -0.4 is 10.6 Å². The number of nitrogens with zero attached hydrogens (tertiary/aromatic N) is 1. The number of carbonyl (C=O) groups excluding carboxylic acids is 1. The maximum atomic E-state index is 13.9. The molecule has 11 heteroatoms. The Morgan fingerprint density at radius 3 is 2.49 bits per heavy atom. The molecule has 43 heavy (non-hydrogen) atoms. The Hall–Kier alpha value is -0.890. The van der Waals surface area contributed by atoms with Crippen LogP contribution in [0.15, 0.2) is 29.2 Å². The van der Waals surface area contributed by atoms with Gasteiger partial charge in [0.15, 0.2) is 0 Å². The first-order valence-electron chi connectivity index (χ1n) is 15.8. The lowest BCUT2D eigenvalue weighted by Crippen LogP contribution is -2.65. The van der Waals surface area contributed by atoms with Crippen LogP contribution in [0.3, 0.4) is 0 Å². The van der Waals surface area contributed by atoms with Crippen molar-refractivity contribution in [2.75, 3.05) is 40.0 Å². The van der Waals surface area contributed by atoms with Crippen LogP contribution in [-0.2, 0) is 20.7 Å². The number of thioether (sulfide) groups is 2. The van der Waals surface area contributed by atoms with Gasteiger partial charge in [-0.15, -0.1) is 23.5 Å². The third kappa shape index (κ3) is 9.10. The summed E-state index contributed by atoms with van der Waals surface area (Å²) in [5, 5.41) is 38.7. The molecule has 5 unspecified atom stereocenters. The van der Waals surface area contributed by atoms with Crippen LogP contribution in [0, 0.1) is 17.8 Å². The molecule has 0 bridgehead atoms. The summed E-state index contributed by atoms with van der Waals surface area (Å²) in [6.07, 6.45) is 0.869. The maximum Gasteiger partial charge on any atom is 0.240 e. The van der Waals surface area contributed by atoms with Crippen molar-refractivity contribution in [1.29, 1.82) is 0 Å². The molecule has 3 heterocycles. The standard InChI is InChI=1S/C32H53N3O6S2/c1-18(2)15-21-12-14-40-29-22(16-21)17-33-25(29)31(39)34-24(30-27(37)26(36)28(38)32(41-30)42-6)19(3)43-23-9-7-20(8-10-23)11-13-35(4)5/h7-10,18-19,21-22,24-30,32-33,36-38H,11-17H2,1-6H3,(H,34,39)/t19-,21-,22-,24+,25-,26?,27?,28?,29+,30?,32?/m0/s1. The van der Waals surface area contributed by atoms with E-state index in [1.54, 1.807) is 18.0 Å². The molecule has 3 fully saturated rings. The predicted molar refractivity (Wildman–Crippen MR) is 173 cm³/mol. The van der Waals surface area contributed by atoms with Gasteiger partial charge in [-0.1, -0.05) is 32.9 Å². The number of hydrogen-bond acceptors (Lipinski definition) is 10. The lowest BCUT2D eigenvalue weighted by atomic mass is 9.85. The Bertz CT molecular complexity index is 1020. The number of amides is 1. The van der Waals surface area contributed by atoms with Crippen molar-refractivity contribution >= 4 is 29.4 Å². The second-order valence-electron chi connectivity index (χ2n) is 13.2. The number of rotatable bonds is 12. The predicted octanol–water partition coefficient (Wildman–Crippen LogP) is 2.36. The lowest BCUT2D eigenvalue weighted by molar-refractivity contribution is -0.205. The van der Waals surface area contributed by atoms with Crippen LogP contribution in [0.1, 0.15) is 45.6 Å². The minimum absolute atomic E-state index is 0.191. The second-order valence-corrected chi connectivity index (χ2v) is 15.6. The Balaban J connectivity index is 1.50. The van der Waals surface area contributed by atoms with Gasteiger partial charge in [0, 0.05) is 29.8 Å². The van der Waals surface area contributed by atoms with Gasteiger partial charge in [-0.3, -0.25) is 4.79 Å². The zero-order valence-corrected chi connectivity index (χ0v) is 28.2. The highest BCUT2D eigenvalue weighted by atomic mass is 32.2. The summed E-state index contributed by atoms with van der Waals surface area (Å²) in [6, 6.07) is 7.27. The maximum absolute atomic E-state index is 13.9. The van der Waals surface area contributed by atoms with Gasteiger partial charge in [-0.25, -0.2) is 0 Å². The molecule has 3 aliphatic rings. The minimum atomic E-state index is -1.39. The lowest BCUT2D eigenvalue weighted by Gasteiger charge is -2.44. The molecule has 0 aromatic heterocycles. The van der Waals surface area contributed by atoms with Crippen LogP contribution in [-0.4, -0.2) is 119 Å². The van der Waals surface area contributed by atoms with Crippen LogP contribution in [0.4, 0.5) is 0 Å². The van der Waals surface area contributed by atoms with Gasteiger partial charge >= 0.3 is 0 Å². The summed E-state index contributed by atoms with van der Waals surface area (Å²) in [4.78, 5) is 17.1. The number of hydrogen-bond donors (Lipinski definition) is 5. The number of nitrogens with one attached hydrogen (secondary N) is 2. The highest BCUT2D eigenvalue weighted by Gasteiger charge is 2.50. The molecule has 3 aliphatic heterocycles. The van der Waals surface area contributed by atoms with Gasteiger partial charge in [0.05, 0.1) is 12.1 Å². The first-order chi connectivity index (χ1) is 20.5. The molecule has 11 atom stereocenters. The fourth-order valence-electron chi connectivity index (χ4n) is 6.73. The molecule has 1 aromatic carbocycles. The zero-order valence-electron chi connectivity index (χ0n) is 26.5. The van der Waals surface area contributed by atoms with E-state index in [1.165, 1.54) is 23.7 Å². The number of likely N-dealkylation sites (N-methyl/N-ethyl adjacent to an activating group) is 1. The van der Waals surface area contributed by atoms with Crippen LogP contribution in [0.25, 0.3) is 0 Å². The van der Waals surface area contributed by atoms with E-state index in [0.717, 1.165) is 37.2 Å². The van der Waals surface area contributed by atoms with Crippen molar-refractivity contribution in [1.82, 2.24) is 15.5 Å². The van der Waals surface area contributed by atoms with Gasteiger partial charge in [0.25, 0.3) is 0 Å². The van der Waals surface area contributed by atoms with E-state index in [0.29, 0.717) is 18.4 Å². The number of carbonyl (C=O) groups is 1. The SMILES string of the molecule is CSC1OC([C@H](NC(=O)[C@H]2NC[C@@H]3C[C@H](CC(C)C)CCO[C@H]32)[C@H](C)Sc2ccc(CCN(C)C)cc2)C(O)C(O)C1O. The summed E-state index contributed by atoms with van der Waals surface area (Å²) >= 11 is 2.86. The Morgan fingerprint density at radius 1 is 1.12 bits per heavy atom. The van der Waals surface area contributed by atoms with Gasteiger partial charge in [-0.2, -0.15) is 0 Å². The van der Waals surface area contributed by atoms with Gasteiger partial charge in [0.2, 0.25) is 5.91 Å². The van der Waals surface area contributed by atoms with Gasteiger partial charge in [-0.05, 0) is 81.5 Å². The van der Waals surface area contributed by atoms with Crippen LogP contribution in [0.2, 0.25) is 0 Å². The second kappa shape index (κ2) is 16.1. The fraction of sp³-hybridized carbons (Fsp3) is 0.781. The number of aliphatic hydroxyl groups excluding tert-OH is 3. The van der Waals surface area contributed by atoms with E-state index in [-0.39, 0.29) is 23.2 Å². The summed E-state index contributed by atoms with van der Waals surface area (Å²) < 4.78 is 12.5. The van der Waals surface area contributed by atoms with E-state index in [1.807, 2.05) is 6.92 Å². The first-order valence-corrected chi connectivity index (χ1v) is 17.9. The van der Waals surface area contributed by atoms with Crippen molar-refractivity contribution in [3.63, 3.8) is 0 Å². The molecule has 9 nitrogen and oxygen atoms in total. The molecule has 0 spiro atoms. The molecule has 0 aliphatic carbocycles. The van der Waals surface area contributed by atoms with E-state index < -0.39 is 41.9 Å². The van der Waals surface area contributed by atoms with E-state index in [2.05, 4.69) is 67.7 Å². The van der Waals surface area contributed by atoms with E-state index in [4.69, 9.17) is 9.47 Å². The van der Waals surface area contributed by atoms with Crippen molar-refractivity contribution in [2.24, 2.45) is 17.8 Å². The highest BCUT2D eigenvalue weighted by Crippen LogP contribution is 2.36. The summed E-state index contributed by atoms with van der Waals surface area (Å²) in [5.74, 6) is 1.31. The Kier molecular flexibility index (Phi) is 13.1. The molecule has 1 amide bonds. The Morgan fingerprint density at radius 2 is 1.84 bits per heavy atom. The van der Waals surface area contributed by atoms with Crippen LogP contribution >= 0.6 is 23.5 Å². The third-order valence-corrected chi connectivity index (χ3v) is 11.1. The molecule has 244 valence electrons. The summed E-state index contributed by atoms with van der Waals surface area (Å²) in [6.45, 7) is 8.86. The quantitative estimate of drug-likeness (QED) is 0.218. The van der Waals surface area contributed by atoms with Crippen molar-refractivity contribution in [3.05, 3.63) is 29.8 Å². The van der Waals surface area contributed by atoms with Crippen molar-refractivity contribution in [2.45, 2.75) is 105 Å². The number of aliphatic hydroxyl groups is 3. The number of benzene rings is 1. The van der Waals surface area contributed by atoms with E-state index in [9.17, 15) is 20.1 Å². The molecule has 4 rings (SSSR count). The monoisotopic (exact) mass is 639 g/mol. The summed E-state index contributed by atoms with van der Waals surface area (Å²) in [5.41, 5.74) is 0.524. The molecule has 0 radical (unpaired) electrons. The smallest absolute Gasteiger partial charge is 0.240 e. The average molecular weight is 640 g/mol.